The van der Waals surface area contributed by atoms with E-state index in [-0.39, 0.29) is 12.5 Å². The molecule has 0 spiro atoms. The number of hydrogen-bond acceptors (Lipinski definition) is 3. The smallest absolute Gasteiger partial charge is 0.220 e. The molecule has 72 heavy (non-hydrogen) atoms. The van der Waals surface area contributed by atoms with E-state index in [1.165, 1.54) is 141 Å². The van der Waals surface area contributed by atoms with Gasteiger partial charge in [-0.05, 0) is 96.3 Å². The van der Waals surface area contributed by atoms with Crippen molar-refractivity contribution in [3.05, 3.63) is 134 Å². The molecule has 2 atom stereocenters. The summed E-state index contributed by atoms with van der Waals surface area (Å²) in [6.07, 6.45) is 96.2. The van der Waals surface area contributed by atoms with Gasteiger partial charge in [-0.2, -0.15) is 0 Å². The van der Waals surface area contributed by atoms with Crippen molar-refractivity contribution in [2.45, 2.75) is 283 Å². The van der Waals surface area contributed by atoms with Crippen LogP contribution in [0.25, 0.3) is 0 Å². The highest BCUT2D eigenvalue weighted by atomic mass is 16.3. The largest absolute Gasteiger partial charge is 0.394 e. The highest BCUT2D eigenvalue weighted by Gasteiger charge is 2.18. The van der Waals surface area contributed by atoms with Crippen LogP contribution in [0.5, 0.6) is 0 Å². The summed E-state index contributed by atoms with van der Waals surface area (Å²) in [7, 11) is 0. The molecule has 0 saturated heterocycles. The maximum atomic E-state index is 12.5. The van der Waals surface area contributed by atoms with Crippen molar-refractivity contribution < 1.29 is 15.0 Å². The lowest BCUT2D eigenvalue weighted by atomic mass is 10.0. The first-order chi connectivity index (χ1) is 35.7. The summed E-state index contributed by atoms with van der Waals surface area (Å²) in [6.45, 7) is 4.20. The molecule has 0 aromatic heterocycles. The highest BCUT2D eigenvalue weighted by Crippen LogP contribution is 2.16. The molecule has 3 N–H and O–H groups in total. The fourth-order valence-electron chi connectivity index (χ4n) is 8.56. The van der Waals surface area contributed by atoms with Gasteiger partial charge in [0, 0.05) is 6.42 Å². The molecule has 410 valence electrons. The first kappa shape index (κ1) is 68.5. The summed E-state index contributed by atoms with van der Waals surface area (Å²) in [5.74, 6) is -0.0915. The van der Waals surface area contributed by atoms with E-state index in [1.54, 1.807) is 6.08 Å². The van der Waals surface area contributed by atoms with Gasteiger partial charge in [0.25, 0.3) is 0 Å². The minimum Gasteiger partial charge on any atom is -0.394 e. The number of carbonyl (C=O) groups is 1. The Balaban J connectivity index is 3.65. The minimum absolute atomic E-state index is 0.0915. The first-order valence-electron chi connectivity index (χ1n) is 30.4. The predicted octanol–water partition coefficient (Wildman–Crippen LogP) is 20.6. The second-order valence-electron chi connectivity index (χ2n) is 20.0. The highest BCUT2D eigenvalue weighted by molar-refractivity contribution is 5.76. The van der Waals surface area contributed by atoms with Crippen LogP contribution in [0.15, 0.2) is 134 Å². The molecule has 0 heterocycles. The van der Waals surface area contributed by atoms with E-state index < -0.39 is 12.1 Å². The van der Waals surface area contributed by atoms with Gasteiger partial charge < -0.3 is 15.5 Å². The summed E-state index contributed by atoms with van der Waals surface area (Å²) in [5, 5.41) is 23.2. The van der Waals surface area contributed by atoms with Crippen LogP contribution in [-0.2, 0) is 4.79 Å². The van der Waals surface area contributed by atoms with Crippen LogP contribution >= 0.6 is 0 Å². The number of amides is 1. The van der Waals surface area contributed by atoms with E-state index in [0.29, 0.717) is 6.42 Å². The topological polar surface area (TPSA) is 69.6 Å². The van der Waals surface area contributed by atoms with Crippen molar-refractivity contribution in [1.82, 2.24) is 5.32 Å². The van der Waals surface area contributed by atoms with Gasteiger partial charge in [0.2, 0.25) is 5.91 Å². The molecule has 1 amide bonds. The number of carbonyl (C=O) groups excluding carboxylic acids is 1. The van der Waals surface area contributed by atoms with Crippen LogP contribution < -0.4 is 5.32 Å². The van der Waals surface area contributed by atoms with E-state index in [4.69, 9.17) is 0 Å². The van der Waals surface area contributed by atoms with E-state index in [9.17, 15) is 15.0 Å². The molecule has 0 bridgehead atoms. The summed E-state index contributed by atoms with van der Waals surface area (Å²) >= 11 is 0. The molecule has 4 heteroatoms. The number of nitrogens with one attached hydrogen (secondary N) is 1. The third-order valence-corrected chi connectivity index (χ3v) is 13.1. The Bertz CT molecular complexity index is 1450. The van der Waals surface area contributed by atoms with Crippen molar-refractivity contribution in [3.8, 4) is 0 Å². The van der Waals surface area contributed by atoms with Crippen LogP contribution in [0.2, 0.25) is 0 Å². The molecule has 0 aliphatic rings. The molecule has 0 aromatic rings. The summed E-state index contributed by atoms with van der Waals surface area (Å²) in [5.41, 5.74) is 0. The first-order valence-corrected chi connectivity index (χ1v) is 30.4. The number of allylic oxidation sites excluding steroid dienone is 21. The third-order valence-electron chi connectivity index (χ3n) is 13.1. The zero-order chi connectivity index (χ0) is 52.0. The van der Waals surface area contributed by atoms with Crippen LogP contribution in [0.1, 0.15) is 271 Å². The molecular weight excluding hydrogens is 879 g/mol. The van der Waals surface area contributed by atoms with Gasteiger partial charge >= 0.3 is 0 Å². The second-order valence-corrected chi connectivity index (χ2v) is 20.0. The lowest BCUT2D eigenvalue weighted by molar-refractivity contribution is -0.123. The zero-order valence-electron chi connectivity index (χ0n) is 47.2. The molecule has 0 aliphatic heterocycles. The van der Waals surface area contributed by atoms with Gasteiger partial charge in [0.05, 0.1) is 18.8 Å². The van der Waals surface area contributed by atoms with Crippen LogP contribution in [0, 0.1) is 0 Å². The SMILES string of the molecule is CC/C=C\C/C=C\C/C=C\C/C=C\C/C=C\C/C=C\C/C=C\C/C=C\C/C=C\C/C=C\CCCCCCC(=O)NC(CO)C(O)/C=C/CCCCCCCCCCCCCCCCCCCCCCCCC. The average molecular weight is 995 g/mol. The van der Waals surface area contributed by atoms with Crippen LogP contribution in [0.3, 0.4) is 0 Å². The second kappa shape index (κ2) is 61.8. The van der Waals surface area contributed by atoms with Gasteiger partial charge in [-0.25, -0.2) is 0 Å². The molecule has 4 nitrogen and oxygen atoms in total. The fraction of sp³-hybridized carbons (Fsp3) is 0.662. The Kier molecular flexibility index (Phi) is 58.8. The molecular formula is C68H115NO3. The fourth-order valence-corrected chi connectivity index (χ4v) is 8.56. The van der Waals surface area contributed by atoms with Crippen LogP contribution in [-0.4, -0.2) is 34.9 Å². The zero-order valence-corrected chi connectivity index (χ0v) is 47.2. The van der Waals surface area contributed by atoms with Gasteiger partial charge in [0.15, 0.2) is 0 Å². The lowest BCUT2D eigenvalue weighted by Crippen LogP contribution is -2.45. The summed E-state index contributed by atoms with van der Waals surface area (Å²) in [6, 6.07) is -0.648. The standard InChI is InChI=1S/C68H115NO3/c1-3-5-7-9-11-13-15-17-19-21-23-25-27-29-30-31-32-33-34-35-36-37-38-40-42-44-46-48-50-52-54-56-58-60-62-64-68(72)69-66(65-70)67(71)63-61-59-57-55-53-51-49-47-45-43-41-39-28-26-24-22-20-18-16-14-12-10-8-6-4-2/h5,7,11,13,17,19,23,25,29-30,32-33,35-36,38,40,44,46,50,52,61,63,66-67,70-71H,3-4,6,8-10,12,14-16,18,20-22,24,26-28,31,34,37,39,41-43,45,47-49,51,53-60,62,64-65H2,1-2H3,(H,69,72)/b7-5-,13-11-,19-17-,25-23-,30-29-,33-32-,36-35-,40-38-,46-44-,52-50-,63-61+. The monoisotopic (exact) mass is 994 g/mol. The van der Waals surface area contributed by atoms with E-state index in [0.717, 1.165) is 109 Å². The maximum Gasteiger partial charge on any atom is 0.220 e. The van der Waals surface area contributed by atoms with Crippen molar-refractivity contribution >= 4 is 5.91 Å². The van der Waals surface area contributed by atoms with E-state index in [2.05, 4.69) is 141 Å². The van der Waals surface area contributed by atoms with Gasteiger partial charge in [-0.15, -0.1) is 0 Å². The van der Waals surface area contributed by atoms with Crippen LogP contribution in [0.4, 0.5) is 0 Å². The number of rotatable bonds is 54. The van der Waals surface area contributed by atoms with Crippen molar-refractivity contribution in [2.75, 3.05) is 6.61 Å². The number of aliphatic hydroxyl groups excluding tert-OH is 2. The number of unbranched alkanes of at least 4 members (excludes halogenated alkanes) is 27. The Morgan fingerprint density at radius 2 is 0.611 bits per heavy atom. The third kappa shape index (κ3) is 57.4. The lowest BCUT2D eigenvalue weighted by Gasteiger charge is -2.20. The van der Waals surface area contributed by atoms with Crippen molar-refractivity contribution in [2.24, 2.45) is 0 Å². The van der Waals surface area contributed by atoms with E-state index >= 15 is 0 Å². The van der Waals surface area contributed by atoms with Crippen molar-refractivity contribution in [3.63, 3.8) is 0 Å². The summed E-state index contributed by atoms with van der Waals surface area (Å²) in [4.78, 5) is 12.5. The quantitative estimate of drug-likeness (QED) is 0.0420. The Labute approximate surface area is 447 Å². The van der Waals surface area contributed by atoms with Gasteiger partial charge in [0.1, 0.15) is 0 Å². The number of hydrogen-bond donors (Lipinski definition) is 3. The minimum atomic E-state index is -0.861. The molecule has 0 rings (SSSR count). The molecule has 2 unspecified atom stereocenters. The molecule has 0 fully saturated rings. The molecule has 0 saturated carbocycles. The summed E-state index contributed by atoms with van der Waals surface area (Å²) < 4.78 is 0. The van der Waals surface area contributed by atoms with E-state index in [1.807, 2.05) is 6.08 Å². The Morgan fingerprint density at radius 3 is 0.917 bits per heavy atom. The molecule has 0 radical (unpaired) electrons. The molecule has 0 aromatic carbocycles. The maximum absolute atomic E-state index is 12.5. The predicted molar refractivity (Wildman–Crippen MR) is 322 cm³/mol. The normalized spacial score (nSPS) is 13.8. The van der Waals surface area contributed by atoms with Gasteiger partial charge in [-0.3, -0.25) is 4.79 Å². The van der Waals surface area contributed by atoms with Gasteiger partial charge in [-0.1, -0.05) is 302 Å². The molecule has 0 aliphatic carbocycles. The van der Waals surface area contributed by atoms with Crippen molar-refractivity contribution in [1.29, 1.82) is 0 Å². The Hall–Kier alpha value is -3.47. The average Bonchev–Trinajstić information content (AvgIpc) is 3.39. The number of aliphatic hydroxyl groups is 2. The Morgan fingerprint density at radius 1 is 0.347 bits per heavy atom.